The Balaban J connectivity index is 0.000000845. The molecule has 0 bridgehead atoms. The summed E-state index contributed by atoms with van der Waals surface area (Å²) in [5.41, 5.74) is 4.34. The maximum absolute atomic E-state index is 3.27. The van der Waals surface area contributed by atoms with Crippen LogP contribution in [0.1, 0.15) is 36.5 Å². The molecular weight excluding hydrogens is 233 g/mol. The zero-order valence-corrected chi connectivity index (χ0v) is 11.4. The molecule has 0 aromatic heterocycles. The van der Waals surface area contributed by atoms with Crippen LogP contribution in [-0.4, -0.2) is 0 Å². The summed E-state index contributed by atoms with van der Waals surface area (Å²) in [6, 6.07) is 7.74. The largest absolute Gasteiger partial charge is 0.180 e. The van der Waals surface area contributed by atoms with Crippen LogP contribution in [0.4, 0.5) is 0 Å². The van der Waals surface area contributed by atoms with Gasteiger partial charge >= 0.3 is 0 Å². The Morgan fingerprint density at radius 1 is 1.38 bits per heavy atom. The van der Waals surface area contributed by atoms with Gasteiger partial charge in [-0.1, -0.05) is 27.2 Å². The van der Waals surface area contributed by atoms with Crippen LogP contribution in [0.15, 0.2) is 12.1 Å². The van der Waals surface area contributed by atoms with Crippen LogP contribution in [0.2, 0.25) is 0 Å². The van der Waals surface area contributed by atoms with E-state index in [9.17, 15) is 0 Å². The Morgan fingerprint density at radius 2 is 2.08 bits per heavy atom. The predicted octanol–water partition coefficient (Wildman–Crippen LogP) is 3.09. The molecule has 0 heterocycles. The van der Waals surface area contributed by atoms with Crippen molar-refractivity contribution < 1.29 is 32.7 Å². The van der Waals surface area contributed by atoms with Gasteiger partial charge in [0.2, 0.25) is 0 Å². The van der Waals surface area contributed by atoms with E-state index in [0.29, 0.717) is 0 Å². The van der Waals surface area contributed by atoms with E-state index in [1.54, 1.807) is 5.56 Å². The first-order chi connectivity index (χ1) is 5.68. The second-order valence-electron chi connectivity index (χ2n) is 4.07. The summed E-state index contributed by atoms with van der Waals surface area (Å²) in [6.45, 7) is 6.78. The average molecular weight is 248 g/mol. The van der Waals surface area contributed by atoms with Gasteiger partial charge in [-0.2, -0.15) is 34.9 Å². The van der Waals surface area contributed by atoms with Gasteiger partial charge in [0.05, 0.1) is 0 Å². The zero-order chi connectivity index (χ0) is 8.72. The van der Waals surface area contributed by atoms with E-state index < -0.39 is 0 Å². The number of fused-ring (bicyclic) bond motifs is 1. The SMILES string of the molecule is Cc1[c-]cc2c(c1)C(C)C(C)C2.[Y]. The molecule has 0 aliphatic heterocycles. The third kappa shape index (κ3) is 2.05. The van der Waals surface area contributed by atoms with Crippen LogP contribution in [0, 0.1) is 18.9 Å². The van der Waals surface area contributed by atoms with Crippen molar-refractivity contribution in [3.05, 3.63) is 34.9 Å². The van der Waals surface area contributed by atoms with E-state index >= 15 is 0 Å². The molecular formula is C12H15Y-. The smallest absolute Gasteiger partial charge is 0 e. The van der Waals surface area contributed by atoms with Crippen LogP contribution in [0.5, 0.6) is 0 Å². The van der Waals surface area contributed by atoms with Crippen molar-refractivity contribution in [2.45, 2.75) is 33.1 Å². The van der Waals surface area contributed by atoms with Crippen LogP contribution < -0.4 is 0 Å². The molecule has 1 aliphatic rings. The standard InChI is InChI=1S/C12H15.Y/c1-8-4-5-11-7-9(2)10(3)12(11)6-8;/h5-6,9-10H,7H2,1-3H3;/q-1;. The van der Waals surface area contributed by atoms with E-state index in [2.05, 4.69) is 39.0 Å². The third-order valence-electron chi connectivity index (χ3n) is 3.10. The van der Waals surface area contributed by atoms with Gasteiger partial charge in [0.15, 0.2) is 0 Å². The minimum atomic E-state index is 0. The third-order valence-corrected chi connectivity index (χ3v) is 3.10. The molecule has 1 radical (unpaired) electrons. The summed E-state index contributed by atoms with van der Waals surface area (Å²) in [4.78, 5) is 0. The van der Waals surface area contributed by atoms with Crippen LogP contribution in [0.25, 0.3) is 0 Å². The number of hydrogen-bond acceptors (Lipinski definition) is 0. The molecule has 0 fully saturated rings. The Kier molecular flexibility index (Phi) is 3.71. The van der Waals surface area contributed by atoms with Gasteiger partial charge in [-0.15, -0.1) is 0 Å². The Morgan fingerprint density at radius 3 is 2.77 bits per heavy atom. The minimum absolute atomic E-state index is 0. The number of rotatable bonds is 0. The molecule has 67 valence electrons. The summed E-state index contributed by atoms with van der Waals surface area (Å²) < 4.78 is 0. The van der Waals surface area contributed by atoms with Gasteiger partial charge in [0.1, 0.15) is 0 Å². The summed E-state index contributed by atoms with van der Waals surface area (Å²) in [7, 11) is 0. The molecule has 13 heavy (non-hydrogen) atoms. The van der Waals surface area contributed by atoms with Crippen molar-refractivity contribution >= 4 is 0 Å². The number of aryl methyl sites for hydroxylation is 1. The second kappa shape index (κ2) is 4.23. The molecule has 1 aromatic carbocycles. The molecule has 1 heteroatoms. The van der Waals surface area contributed by atoms with Crippen LogP contribution >= 0.6 is 0 Å². The minimum Gasteiger partial charge on any atom is -0.180 e. The molecule has 2 atom stereocenters. The molecule has 2 unspecified atom stereocenters. The molecule has 1 aromatic rings. The Hall–Kier alpha value is 0.324. The van der Waals surface area contributed by atoms with Crippen molar-refractivity contribution in [1.29, 1.82) is 0 Å². The number of benzene rings is 1. The fraction of sp³-hybridized carbons (Fsp3) is 0.500. The summed E-state index contributed by atoms with van der Waals surface area (Å²) in [5.74, 6) is 1.56. The van der Waals surface area contributed by atoms with E-state index in [4.69, 9.17) is 0 Å². The van der Waals surface area contributed by atoms with Crippen molar-refractivity contribution in [1.82, 2.24) is 0 Å². The quantitative estimate of drug-likeness (QED) is 0.619. The van der Waals surface area contributed by atoms with Gasteiger partial charge < -0.3 is 0 Å². The Bertz CT molecular complexity index is 304. The van der Waals surface area contributed by atoms with Gasteiger partial charge in [-0.3, -0.25) is 0 Å². The molecule has 0 spiro atoms. The summed E-state index contributed by atoms with van der Waals surface area (Å²) in [6.07, 6.45) is 1.24. The molecule has 0 saturated heterocycles. The van der Waals surface area contributed by atoms with Crippen molar-refractivity contribution in [2.24, 2.45) is 5.92 Å². The molecule has 0 nitrogen and oxygen atoms in total. The first-order valence-electron chi connectivity index (χ1n) is 4.69. The second-order valence-corrected chi connectivity index (χ2v) is 4.07. The van der Waals surface area contributed by atoms with Crippen LogP contribution in [0.3, 0.4) is 0 Å². The van der Waals surface area contributed by atoms with Crippen LogP contribution in [-0.2, 0) is 39.1 Å². The molecule has 1 aliphatic carbocycles. The Labute approximate surface area is 106 Å². The van der Waals surface area contributed by atoms with Gasteiger partial charge in [0.25, 0.3) is 0 Å². The zero-order valence-electron chi connectivity index (χ0n) is 8.59. The number of hydrogen-bond donors (Lipinski definition) is 0. The van der Waals surface area contributed by atoms with Gasteiger partial charge in [0, 0.05) is 32.7 Å². The van der Waals surface area contributed by atoms with E-state index in [1.807, 2.05) is 0 Å². The summed E-state index contributed by atoms with van der Waals surface area (Å²) >= 11 is 0. The van der Waals surface area contributed by atoms with E-state index in [-0.39, 0.29) is 32.7 Å². The molecule has 2 rings (SSSR count). The first-order valence-corrected chi connectivity index (χ1v) is 4.69. The summed E-state index contributed by atoms with van der Waals surface area (Å²) in [5, 5.41) is 0. The fourth-order valence-corrected chi connectivity index (χ4v) is 2.08. The van der Waals surface area contributed by atoms with Crippen molar-refractivity contribution in [2.75, 3.05) is 0 Å². The molecule has 0 amide bonds. The monoisotopic (exact) mass is 248 g/mol. The maximum Gasteiger partial charge on any atom is 0 e. The fourth-order valence-electron chi connectivity index (χ4n) is 2.08. The molecule has 0 N–H and O–H groups in total. The van der Waals surface area contributed by atoms with E-state index in [1.165, 1.54) is 17.5 Å². The normalized spacial score (nSPS) is 25.2. The molecule has 0 saturated carbocycles. The maximum atomic E-state index is 3.27. The first kappa shape index (κ1) is 11.4. The predicted molar refractivity (Wildman–Crippen MR) is 51.3 cm³/mol. The van der Waals surface area contributed by atoms with Gasteiger partial charge in [-0.25, -0.2) is 0 Å². The van der Waals surface area contributed by atoms with Crippen molar-refractivity contribution in [3.63, 3.8) is 0 Å². The van der Waals surface area contributed by atoms with Crippen molar-refractivity contribution in [3.8, 4) is 0 Å². The topological polar surface area (TPSA) is 0 Å². The van der Waals surface area contributed by atoms with Gasteiger partial charge in [-0.05, 0) is 11.8 Å². The van der Waals surface area contributed by atoms with E-state index in [0.717, 1.165) is 11.8 Å². The average Bonchev–Trinajstić information content (AvgIpc) is 2.31.